The van der Waals surface area contributed by atoms with E-state index in [9.17, 15) is 9.59 Å². The molecule has 0 unspecified atom stereocenters. The number of nitrogens with zero attached hydrogens (tertiary/aromatic N) is 2. The lowest BCUT2D eigenvalue weighted by atomic mass is 9.89. The number of hydrogen-bond donors (Lipinski definition) is 4. The van der Waals surface area contributed by atoms with Crippen molar-refractivity contribution in [3.63, 3.8) is 0 Å². The van der Waals surface area contributed by atoms with E-state index in [1.807, 2.05) is 18.2 Å². The van der Waals surface area contributed by atoms with Gasteiger partial charge in [-0.25, -0.2) is 10.5 Å². The van der Waals surface area contributed by atoms with E-state index in [1.165, 1.54) is 61.6 Å². The average Bonchev–Trinajstić information content (AvgIpc) is 2.85. The van der Waals surface area contributed by atoms with Crippen LogP contribution in [0.5, 0.6) is 0 Å². The lowest BCUT2D eigenvalue weighted by Gasteiger charge is -2.24. The zero-order valence-electron chi connectivity index (χ0n) is 18.2. The minimum Gasteiger partial charge on any atom is -0.357 e. The van der Waals surface area contributed by atoms with Gasteiger partial charge in [0, 0.05) is 12.6 Å². The molecule has 170 valence electrons. The van der Waals surface area contributed by atoms with Crippen LogP contribution in [0.3, 0.4) is 0 Å². The Bertz CT molecular complexity index is 880. The van der Waals surface area contributed by atoms with E-state index in [-0.39, 0.29) is 5.91 Å². The van der Waals surface area contributed by atoms with Crippen molar-refractivity contribution in [2.45, 2.75) is 51.0 Å². The number of hydroxylamine groups is 1. The second kappa shape index (κ2) is 12.6. The molecule has 3 rings (SSSR count). The summed E-state index contributed by atoms with van der Waals surface area (Å²) >= 11 is 0. The summed E-state index contributed by atoms with van der Waals surface area (Å²) in [6.45, 7) is 0.713. The molecule has 1 aliphatic carbocycles. The van der Waals surface area contributed by atoms with Crippen LogP contribution >= 0.6 is 0 Å². The van der Waals surface area contributed by atoms with Crippen molar-refractivity contribution >= 4 is 23.7 Å². The van der Waals surface area contributed by atoms with Crippen LogP contribution in [-0.2, 0) is 16.0 Å². The maximum atomic E-state index is 13.0. The number of carbonyl (C=O) groups is 2. The smallest absolute Gasteiger partial charge is 0.267 e. The summed E-state index contributed by atoms with van der Waals surface area (Å²) in [5.74, 6) is 0.366. The van der Waals surface area contributed by atoms with Gasteiger partial charge in [0.15, 0.2) is 0 Å². The zero-order valence-corrected chi connectivity index (χ0v) is 18.2. The molecule has 1 fully saturated rings. The fourth-order valence-corrected chi connectivity index (χ4v) is 3.86. The predicted molar refractivity (Wildman–Crippen MR) is 123 cm³/mol. The number of carbonyl (C=O) groups excluding carboxylic acids is 2. The van der Waals surface area contributed by atoms with E-state index in [2.05, 4.69) is 32.7 Å². The first-order chi connectivity index (χ1) is 15.6. The SMILES string of the molecule is O=C(/C=C/c1cnc(N[C@H](CCc2ccccc2)C(=O)NCC2CCCCC2)cn1)NO. The molecule has 0 saturated heterocycles. The third-order valence-corrected chi connectivity index (χ3v) is 5.68. The van der Waals surface area contributed by atoms with Crippen molar-refractivity contribution in [2.24, 2.45) is 5.92 Å². The van der Waals surface area contributed by atoms with Gasteiger partial charge >= 0.3 is 0 Å². The van der Waals surface area contributed by atoms with Crippen LogP contribution in [0.15, 0.2) is 48.8 Å². The largest absolute Gasteiger partial charge is 0.357 e. The van der Waals surface area contributed by atoms with Crippen LogP contribution in [0.4, 0.5) is 5.82 Å². The molecular formula is C24H31N5O3. The molecule has 0 radical (unpaired) electrons. The van der Waals surface area contributed by atoms with Crippen molar-refractivity contribution in [3.8, 4) is 0 Å². The van der Waals surface area contributed by atoms with E-state index in [4.69, 9.17) is 5.21 Å². The van der Waals surface area contributed by atoms with Crippen LogP contribution in [-0.4, -0.2) is 39.6 Å². The molecule has 1 aliphatic rings. The first kappa shape index (κ1) is 23.4. The van der Waals surface area contributed by atoms with E-state index >= 15 is 0 Å². The monoisotopic (exact) mass is 437 g/mol. The van der Waals surface area contributed by atoms with Crippen LogP contribution in [0.1, 0.15) is 49.8 Å². The number of benzene rings is 1. The van der Waals surface area contributed by atoms with Crippen LogP contribution < -0.4 is 16.1 Å². The molecule has 1 saturated carbocycles. The Morgan fingerprint density at radius 1 is 1.09 bits per heavy atom. The number of aryl methyl sites for hydroxylation is 1. The molecular weight excluding hydrogens is 406 g/mol. The van der Waals surface area contributed by atoms with Gasteiger partial charge in [-0.15, -0.1) is 0 Å². The Morgan fingerprint density at radius 2 is 1.88 bits per heavy atom. The highest BCUT2D eigenvalue weighted by Crippen LogP contribution is 2.23. The Kier molecular flexibility index (Phi) is 9.19. The van der Waals surface area contributed by atoms with Crippen LogP contribution in [0, 0.1) is 5.92 Å². The lowest BCUT2D eigenvalue weighted by molar-refractivity contribution is -0.124. The van der Waals surface area contributed by atoms with Crippen molar-refractivity contribution in [1.29, 1.82) is 0 Å². The maximum absolute atomic E-state index is 13.0. The van der Waals surface area contributed by atoms with E-state index in [0.717, 1.165) is 12.5 Å². The van der Waals surface area contributed by atoms with E-state index in [0.29, 0.717) is 30.4 Å². The predicted octanol–water partition coefficient (Wildman–Crippen LogP) is 3.11. The molecule has 0 aliphatic heterocycles. The first-order valence-electron chi connectivity index (χ1n) is 11.2. The number of amides is 2. The first-order valence-corrected chi connectivity index (χ1v) is 11.2. The molecule has 0 spiro atoms. The van der Waals surface area contributed by atoms with Crippen LogP contribution in [0.2, 0.25) is 0 Å². The highest BCUT2D eigenvalue weighted by atomic mass is 16.5. The van der Waals surface area contributed by atoms with Gasteiger partial charge in [0.05, 0.1) is 18.1 Å². The van der Waals surface area contributed by atoms with E-state index in [1.54, 1.807) is 0 Å². The highest BCUT2D eigenvalue weighted by Gasteiger charge is 2.21. The molecule has 1 heterocycles. The van der Waals surface area contributed by atoms with Gasteiger partial charge < -0.3 is 10.6 Å². The molecule has 1 aromatic heterocycles. The lowest BCUT2D eigenvalue weighted by Crippen LogP contribution is -2.42. The summed E-state index contributed by atoms with van der Waals surface area (Å²) in [5.41, 5.74) is 3.15. The van der Waals surface area contributed by atoms with Crippen molar-refractivity contribution in [1.82, 2.24) is 20.8 Å². The second-order valence-electron chi connectivity index (χ2n) is 8.11. The van der Waals surface area contributed by atoms with Gasteiger partial charge in [-0.1, -0.05) is 49.6 Å². The molecule has 2 amide bonds. The number of hydrogen-bond acceptors (Lipinski definition) is 6. The Morgan fingerprint density at radius 3 is 2.56 bits per heavy atom. The number of anilines is 1. The number of nitrogens with one attached hydrogen (secondary N) is 3. The summed E-state index contributed by atoms with van der Waals surface area (Å²) in [5, 5.41) is 14.9. The standard InChI is InChI=1S/C24H31N5O3/c30-23(29-32)14-12-20-16-26-22(17-25-20)28-21(13-11-18-7-3-1-4-8-18)24(31)27-15-19-9-5-2-6-10-19/h1,3-4,7-8,12,14,16-17,19,21,32H,2,5-6,9-11,13,15H2,(H,26,28)(H,27,31)(H,29,30)/b14-12+/t21-/m1/s1. The Hall–Kier alpha value is -3.26. The van der Waals surface area contributed by atoms with Gasteiger partial charge in [0.2, 0.25) is 5.91 Å². The Labute approximate surface area is 188 Å². The molecule has 1 aromatic carbocycles. The molecule has 4 N–H and O–H groups in total. The van der Waals surface area contributed by atoms with Crippen molar-refractivity contribution in [3.05, 3.63) is 60.1 Å². The minimum absolute atomic E-state index is 0.0307. The normalized spacial score (nSPS) is 15.3. The molecule has 2 aromatic rings. The summed E-state index contributed by atoms with van der Waals surface area (Å²) in [6, 6.07) is 9.65. The second-order valence-corrected chi connectivity index (χ2v) is 8.11. The third-order valence-electron chi connectivity index (χ3n) is 5.68. The average molecular weight is 438 g/mol. The van der Waals surface area contributed by atoms with Crippen LogP contribution in [0.25, 0.3) is 6.08 Å². The number of aromatic nitrogens is 2. The van der Waals surface area contributed by atoms with Crippen molar-refractivity contribution < 1.29 is 14.8 Å². The third kappa shape index (κ3) is 7.77. The summed E-state index contributed by atoms with van der Waals surface area (Å²) in [4.78, 5) is 32.6. The summed E-state index contributed by atoms with van der Waals surface area (Å²) in [7, 11) is 0. The van der Waals surface area contributed by atoms with Gasteiger partial charge in [0.1, 0.15) is 11.9 Å². The molecule has 1 atom stereocenters. The fourth-order valence-electron chi connectivity index (χ4n) is 3.86. The molecule has 0 bridgehead atoms. The maximum Gasteiger partial charge on any atom is 0.267 e. The topological polar surface area (TPSA) is 116 Å². The zero-order chi connectivity index (χ0) is 22.6. The number of rotatable bonds is 10. The quantitative estimate of drug-likeness (QED) is 0.258. The van der Waals surface area contributed by atoms with Gasteiger partial charge in [-0.3, -0.25) is 19.8 Å². The summed E-state index contributed by atoms with van der Waals surface area (Å²) < 4.78 is 0. The molecule has 8 heteroatoms. The Balaban J connectivity index is 1.62. The van der Waals surface area contributed by atoms with E-state index < -0.39 is 11.9 Å². The van der Waals surface area contributed by atoms with Gasteiger partial charge in [-0.05, 0) is 43.2 Å². The highest BCUT2D eigenvalue weighted by molar-refractivity contribution is 5.90. The molecule has 32 heavy (non-hydrogen) atoms. The fraction of sp³-hybridized carbons (Fsp3) is 0.417. The molecule has 8 nitrogen and oxygen atoms in total. The van der Waals surface area contributed by atoms with Crippen molar-refractivity contribution in [2.75, 3.05) is 11.9 Å². The van der Waals surface area contributed by atoms with Gasteiger partial charge in [0.25, 0.3) is 5.91 Å². The summed E-state index contributed by atoms with van der Waals surface area (Å²) in [6.07, 6.45) is 13.1. The minimum atomic E-state index is -0.649. The van der Waals surface area contributed by atoms with Gasteiger partial charge in [-0.2, -0.15) is 0 Å².